The standard InChI is InChI=1S/C21H25NO7/c23-11-16-18(24)19(27-12-14-7-3-1-4-8-14)17(20(25)29-16)22-21(26)28-13-15-9-5-2-6-10-15/h1-10,16-20,23-25H,11-13H2,(H,22,26)/t16-,17-,18-,19-,20?/m1/s1. The van der Waals surface area contributed by atoms with E-state index in [0.29, 0.717) is 0 Å². The van der Waals surface area contributed by atoms with Crippen LogP contribution in [0, 0.1) is 0 Å². The van der Waals surface area contributed by atoms with E-state index in [9.17, 15) is 20.1 Å². The third-order valence-electron chi connectivity index (χ3n) is 4.66. The molecule has 1 aliphatic rings. The van der Waals surface area contributed by atoms with Gasteiger partial charge in [-0.05, 0) is 11.1 Å². The minimum Gasteiger partial charge on any atom is -0.445 e. The Morgan fingerprint density at radius 3 is 2.14 bits per heavy atom. The lowest BCUT2D eigenvalue weighted by atomic mass is 9.97. The van der Waals surface area contributed by atoms with E-state index >= 15 is 0 Å². The molecule has 1 fully saturated rings. The van der Waals surface area contributed by atoms with Crippen molar-refractivity contribution in [2.45, 2.75) is 43.9 Å². The average molecular weight is 403 g/mol. The van der Waals surface area contributed by atoms with Crippen molar-refractivity contribution in [3.63, 3.8) is 0 Å². The smallest absolute Gasteiger partial charge is 0.407 e. The van der Waals surface area contributed by atoms with Gasteiger partial charge in [0.1, 0.15) is 31.0 Å². The van der Waals surface area contributed by atoms with E-state index in [1.54, 1.807) is 0 Å². The molecule has 3 rings (SSSR count). The van der Waals surface area contributed by atoms with Crippen LogP contribution in [-0.4, -0.2) is 58.7 Å². The molecular formula is C21H25NO7. The van der Waals surface area contributed by atoms with Crippen molar-refractivity contribution >= 4 is 6.09 Å². The minimum absolute atomic E-state index is 0.0493. The van der Waals surface area contributed by atoms with Crippen molar-refractivity contribution in [3.8, 4) is 0 Å². The molecule has 5 atom stereocenters. The van der Waals surface area contributed by atoms with Crippen LogP contribution < -0.4 is 5.32 Å². The first-order chi connectivity index (χ1) is 14.1. The molecule has 0 spiro atoms. The van der Waals surface area contributed by atoms with E-state index in [4.69, 9.17) is 14.2 Å². The molecule has 1 amide bonds. The van der Waals surface area contributed by atoms with Gasteiger partial charge in [-0.2, -0.15) is 0 Å². The maximum Gasteiger partial charge on any atom is 0.407 e. The number of aliphatic hydroxyl groups is 3. The summed E-state index contributed by atoms with van der Waals surface area (Å²) in [5, 5.41) is 32.7. The highest BCUT2D eigenvalue weighted by Gasteiger charge is 2.46. The molecule has 0 bridgehead atoms. The fraction of sp³-hybridized carbons (Fsp3) is 0.381. The number of benzene rings is 2. The Labute approximate surface area is 168 Å². The van der Waals surface area contributed by atoms with Crippen LogP contribution >= 0.6 is 0 Å². The lowest BCUT2D eigenvalue weighted by Crippen LogP contribution is -2.64. The maximum atomic E-state index is 12.2. The van der Waals surface area contributed by atoms with Crippen molar-refractivity contribution in [3.05, 3.63) is 71.8 Å². The van der Waals surface area contributed by atoms with E-state index < -0.39 is 43.3 Å². The third kappa shape index (κ3) is 5.75. The Bertz CT molecular complexity index is 758. The lowest BCUT2D eigenvalue weighted by Gasteiger charge is -2.42. The zero-order valence-corrected chi connectivity index (χ0v) is 15.8. The molecule has 0 saturated carbocycles. The van der Waals surface area contributed by atoms with Gasteiger partial charge in [-0.25, -0.2) is 4.79 Å². The van der Waals surface area contributed by atoms with Gasteiger partial charge in [-0.3, -0.25) is 0 Å². The summed E-state index contributed by atoms with van der Waals surface area (Å²) < 4.78 is 16.2. The van der Waals surface area contributed by atoms with Gasteiger partial charge >= 0.3 is 6.09 Å². The number of hydrogen-bond donors (Lipinski definition) is 4. The van der Waals surface area contributed by atoms with Crippen LogP contribution in [0.2, 0.25) is 0 Å². The summed E-state index contributed by atoms with van der Waals surface area (Å²) >= 11 is 0. The van der Waals surface area contributed by atoms with E-state index in [-0.39, 0.29) is 13.2 Å². The zero-order chi connectivity index (χ0) is 20.6. The van der Waals surface area contributed by atoms with Crippen LogP contribution in [0.15, 0.2) is 60.7 Å². The second-order valence-corrected chi connectivity index (χ2v) is 6.73. The SMILES string of the molecule is O=C(N[C@H]1C(O)O[C@H](CO)[C@@H](O)[C@@H]1OCc1ccccc1)OCc1ccccc1. The summed E-state index contributed by atoms with van der Waals surface area (Å²) in [7, 11) is 0. The Kier molecular flexibility index (Phi) is 7.56. The predicted octanol–water partition coefficient (Wildman–Crippen LogP) is 0.937. The van der Waals surface area contributed by atoms with E-state index in [1.807, 2.05) is 60.7 Å². The van der Waals surface area contributed by atoms with Crippen molar-refractivity contribution < 1.29 is 34.3 Å². The maximum absolute atomic E-state index is 12.2. The van der Waals surface area contributed by atoms with Crippen LogP contribution in [0.25, 0.3) is 0 Å². The topological polar surface area (TPSA) is 117 Å². The molecule has 2 aromatic rings. The van der Waals surface area contributed by atoms with Crippen LogP contribution in [0.4, 0.5) is 4.79 Å². The van der Waals surface area contributed by atoms with Gasteiger partial charge in [-0.1, -0.05) is 60.7 Å². The molecule has 1 unspecified atom stereocenters. The number of rotatable bonds is 7. The van der Waals surface area contributed by atoms with Gasteiger partial charge in [0.2, 0.25) is 0 Å². The van der Waals surface area contributed by atoms with E-state index in [0.717, 1.165) is 11.1 Å². The Hall–Kier alpha value is -2.49. The molecule has 1 heterocycles. The largest absolute Gasteiger partial charge is 0.445 e. The van der Waals surface area contributed by atoms with Crippen molar-refractivity contribution in [1.82, 2.24) is 5.32 Å². The number of alkyl carbamates (subject to hydrolysis) is 1. The van der Waals surface area contributed by atoms with Gasteiger partial charge in [0, 0.05) is 0 Å². The molecule has 29 heavy (non-hydrogen) atoms. The lowest BCUT2D eigenvalue weighted by molar-refractivity contribution is -0.263. The van der Waals surface area contributed by atoms with Gasteiger partial charge < -0.3 is 34.8 Å². The fourth-order valence-corrected chi connectivity index (χ4v) is 3.10. The minimum atomic E-state index is -1.49. The third-order valence-corrected chi connectivity index (χ3v) is 4.66. The van der Waals surface area contributed by atoms with Crippen LogP contribution in [0.5, 0.6) is 0 Å². The second kappa shape index (κ2) is 10.3. The molecule has 0 aliphatic carbocycles. The molecule has 156 valence electrons. The molecular weight excluding hydrogens is 378 g/mol. The summed E-state index contributed by atoms with van der Waals surface area (Å²) in [5.41, 5.74) is 1.66. The highest BCUT2D eigenvalue weighted by molar-refractivity contribution is 5.67. The highest BCUT2D eigenvalue weighted by atomic mass is 16.6. The molecule has 4 N–H and O–H groups in total. The molecule has 2 aromatic carbocycles. The summed E-state index contributed by atoms with van der Waals surface area (Å²) in [6.45, 7) is -0.313. The quantitative estimate of drug-likeness (QED) is 0.543. The van der Waals surface area contributed by atoms with Crippen LogP contribution in [0.1, 0.15) is 11.1 Å². The monoisotopic (exact) mass is 403 g/mol. The fourth-order valence-electron chi connectivity index (χ4n) is 3.10. The molecule has 1 aliphatic heterocycles. The summed E-state index contributed by atoms with van der Waals surface area (Å²) in [4.78, 5) is 12.2. The highest BCUT2D eigenvalue weighted by Crippen LogP contribution is 2.23. The molecule has 8 nitrogen and oxygen atoms in total. The number of carbonyl (C=O) groups excluding carboxylic acids is 1. The Morgan fingerprint density at radius 2 is 1.55 bits per heavy atom. The molecule has 0 aromatic heterocycles. The van der Waals surface area contributed by atoms with Crippen LogP contribution in [0.3, 0.4) is 0 Å². The number of carbonyl (C=O) groups is 1. The van der Waals surface area contributed by atoms with Crippen LogP contribution in [-0.2, 0) is 27.4 Å². The van der Waals surface area contributed by atoms with Gasteiger partial charge in [0.15, 0.2) is 6.29 Å². The summed E-state index contributed by atoms with van der Waals surface area (Å²) in [5.74, 6) is 0. The number of nitrogens with one attached hydrogen (secondary N) is 1. The van der Waals surface area contributed by atoms with E-state index in [2.05, 4.69) is 5.32 Å². The number of aliphatic hydroxyl groups excluding tert-OH is 3. The predicted molar refractivity (Wildman–Crippen MR) is 103 cm³/mol. The average Bonchev–Trinajstić information content (AvgIpc) is 2.75. The summed E-state index contributed by atoms with van der Waals surface area (Å²) in [6, 6.07) is 17.3. The second-order valence-electron chi connectivity index (χ2n) is 6.73. The van der Waals surface area contributed by atoms with E-state index in [1.165, 1.54) is 0 Å². The van der Waals surface area contributed by atoms with Crippen molar-refractivity contribution in [1.29, 1.82) is 0 Å². The van der Waals surface area contributed by atoms with Crippen molar-refractivity contribution in [2.24, 2.45) is 0 Å². The number of hydrogen-bond acceptors (Lipinski definition) is 7. The first kappa shape index (κ1) is 21.2. The molecule has 8 heteroatoms. The first-order valence-electron chi connectivity index (χ1n) is 9.33. The molecule has 1 saturated heterocycles. The molecule has 0 radical (unpaired) electrons. The van der Waals surface area contributed by atoms with Crippen molar-refractivity contribution in [2.75, 3.05) is 6.61 Å². The number of amides is 1. The number of ether oxygens (including phenoxy) is 3. The summed E-state index contributed by atoms with van der Waals surface area (Å²) in [6.07, 6.45) is -5.58. The van der Waals surface area contributed by atoms with Gasteiger partial charge in [-0.15, -0.1) is 0 Å². The first-order valence-corrected chi connectivity index (χ1v) is 9.33. The zero-order valence-electron chi connectivity index (χ0n) is 15.8. The Morgan fingerprint density at radius 1 is 0.966 bits per heavy atom. The van der Waals surface area contributed by atoms with Gasteiger partial charge in [0.05, 0.1) is 13.2 Å². The normalized spacial score (nSPS) is 26.7. The Balaban J connectivity index is 1.64. The van der Waals surface area contributed by atoms with Gasteiger partial charge in [0.25, 0.3) is 0 Å².